The van der Waals surface area contributed by atoms with Crippen LogP contribution in [0.4, 0.5) is 5.82 Å². The maximum atomic E-state index is 11.6. The number of carboxylic acids is 1. The second-order valence-electron chi connectivity index (χ2n) is 3.85. The highest BCUT2D eigenvalue weighted by atomic mass is 16.5. The van der Waals surface area contributed by atoms with E-state index in [9.17, 15) is 9.59 Å². The van der Waals surface area contributed by atoms with Crippen molar-refractivity contribution in [1.29, 1.82) is 0 Å². The summed E-state index contributed by atoms with van der Waals surface area (Å²) in [5, 5.41) is 18.2. The topological polar surface area (TPSA) is 106 Å². The van der Waals surface area contributed by atoms with Gasteiger partial charge in [0, 0.05) is 0 Å². The molecule has 2 N–H and O–H groups in total. The second kappa shape index (κ2) is 6.32. The van der Waals surface area contributed by atoms with Gasteiger partial charge in [0.25, 0.3) is 5.91 Å². The van der Waals surface area contributed by atoms with Gasteiger partial charge in [-0.15, -0.1) is 5.10 Å². The molecule has 0 fully saturated rings. The van der Waals surface area contributed by atoms with Crippen LogP contribution in [0, 0.1) is 0 Å². The molecule has 1 aromatic carbocycles. The number of rotatable bonds is 6. The van der Waals surface area contributed by atoms with E-state index < -0.39 is 11.9 Å². The molecule has 8 heteroatoms. The lowest BCUT2D eigenvalue weighted by Crippen LogP contribution is -2.20. The number of para-hydroxylation sites is 1. The monoisotopic (exact) mass is 276 g/mol. The van der Waals surface area contributed by atoms with E-state index in [4.69, 9.17) is 9.84 Å². The van der Waals surface area contributed by atoms with Crippen LogP contribution in [-0.2, 0) is 16.1 Å². The van der Waals surface area contributed by atoms with Crippen molar-refractivity contribution in [2.75, 3.05) is 11.9 Å². The highest BCUT2D eigenvalue weighted by Gasteiger charge is 2.08. The fourth-order valence-electron chi connectivity index (χ4n) is 1.42. The van der Waals surface area contributed by atoms with E-state index in [0.29, 0.717) is 5.75 Å². The maximum Gasteiger partial charge on any atom is 0.325 e. The van der Waals surface area contributed by atoms with E-state index in [1.165, 1.54) is 6.20 Å². The standard InChI is InChI=1S/C12H12N4O4/c17-11(8-20-9-4-2-1-3-5-9)13-10-6-16(15-14-10)7-12(18)19/h1-6H,7-8H2,(H,13,17)(H,18,19). The molecular weight excluding hydrogens is 264 g/mol. The number of ether oxygens (including phenoxy) is 1. The summed E-state index contributed by atoms with van der Waals surface area (Å²) in [6.45, 7) is -0.487. The molecule has 0 saturated heterocycles. The predicted molar refractivity (Wildman–Crippen MR) is 68.2 cm³/mol. The molecule has 0 spiro atoms. The molecule has 1 amide bonds. The van der Waals surface area contributed by atoms with E-state index in [0.717, 1.165) is 4.68 Å². The Morgan fingerprint density at radius 1 is 1.30 bits per heavy atom. The molecule has 104 valence electrons. The molecule has 0 bridgehead atoms. The number of aliphatic carboxylic acids is 1. The van der Waals surface area contributed by atoms with Gasteiger partial charge in [0.15, 0.2) is 12.4 Å². The molecule has 8 nitrogen and oxygen atoms in total. The van der Waals surface area contributed by atoms with Gasteiger partial charge in [0.1, 0.15) is 12.3 Å². The molecule has 0 unspecified atom stereocenters. The number of amides is 1. The molecule has 0 atom stereocenters. The molecule has 1 heterocycles. The fourth-order valence-corrected chi connectivity index (χ4v) is 1.42. The van der Waals surface area contributed by atoms with Crippen molar-refractivity contribution < 1.29 is 19.4 Å². The zero-order chi connectivity index (χ0) is 14.4. The minimum atomic E-state index is -1.04. The van der Waals surface area contributed by atoms with E-state index in [1.54, 1.807) is 24.3 Å². The van der Waals surface area contributed by atoms with Crippen LogP contribution in [0.15, 0.2) is 36.5 Å². The van der Waals surface area contributed by atoms with E-state index in [1.807, 2.05) is 6.07 Å². The number of hydrogen-bond acceptors (Lipinski definition) is 5. The maximum absolute atomic E-state index is 11.6. The molecule has 20 heavy (non-hydrogen) atoms. The number of benzene rings is 1. The Kier molecular flexibility index (Phi) is 4.28. The third kappa shape index (κ3) is 4.09. The van der Waals surface area contributed by atoms with Crippen molar-refractivity contribution in [3.8, 4) is 5.75 Å². The Morgan fingerprint density at radius 2 is 2.05 bits per heavy atom. The van der Waals surface area contributed by atoms with Gasteiger partial charge in [-0.1, -0.05) is 23.4 Å². The van der Waals surface area contributed by atoms with Crippen molar-refractivity contribution in [2.45, 2.75) is 6.54 Å². The molecule has 2 rings (SSSR count). The quantitative estimate of drug-likeness (QED) is 0.790. The molecule has 0 radical (unpaired) electrons. The second-order valence-corrected chi connectivity index (χ2v) is 3.85. The van der Waals surface area contributed by atoms with Crippen molar-refractivity contribution in [3.63, 3.8) is 0 Å². The highest BCUT2D eigenvalue weighted by molar-refractivity contribution is 5.90. The summed E-state index contributed by atoms with van der Waals surface area (Å²) >= 11 is 0. The third-order valence-electron chi connectivity index (χ3n) is 2.22. The first kappa shape index (κ1) is 13.5. The van der Waals surface area contributed by atoms with Crippen molar-refractivity contribution in [1.82, 2.24) is 15.0 Å². The van der Waals surface area contributed by atoms with Crippen LogP contribution in [-0.4, -0.2) is 38.6 Å². The third-order valence-corrected chi connectivity index (χ3v) is 2.22. The van der Waals surface area contributed by atoms with Gasteiger partial charge in [0.05, 0.1) is 6.20 Å². The predicted octanol–water partition coefficient (Wildman–Crippen LogP) is 0.380. The average molecular weight is 276 g/mol. The average Bonchev–Trinajstić information content (AvgIpc) is 2.84. The number of nitrogens with one attached hydrogen (secondary N) is 1. The van der Waals surface area contributed by atoms with Crippen molar-refractivity contribution in [3.05, 3.63) is 36.5 Å². The Bertz CT molecular complexity index is 597. The molecule has 2 aromatic rings. The first-order chi connectivity index (χ1) is 9.63. The Hall–Kier alpha value is -2.90. The van der Waals surface area contributed by atoms with Gasteiger partial charge in [0.2, 0.25) is 0 Å². The lowest BCUT2D eigenvalue weighted by Gasteiger charge is -2.04. The number of hydrogen-bond donors (Lipinski definition) is 2. The van der Waals surface area contributed by atoms with E-state index >= 15 is 0 Å². The number of carbonyl (C=O) groups excluding carboxylic acids is 1. The van der Waals surface area contributed by atoms with Crippen molar-refractivity contribution in [2.24, 2.45) is 0 Å². The van der Waals surface area contributed by atoms with Crippen LogP contribution in [0.1, 0.15) is 0 Å². The van der Waals surface area contributed by atoms with E-state index in [2.05, 4.69) is 15.6 Å². The molecular formula is C12H12N4O4. The highest BCUT2D eigenvalue weighted by Crippen LogP contribution is 2.08. The summed E-state index contributed by atoms with van der Waals surface area (Å²) in [5.41, 5.74) is 0. The van der Waals surface area contributed by atoms with Crippen LogP contribution < -0.4 is 10.1 Å². The van der Waals surface area contributed by atoms with Crippen LogP contribution in [0.5, 0.6) is 5.75 Å². The van der Waals surface area contributed by atoms with E-state index in [-0.39, 0.29) is 19.0 Å². The molecule has 0 saturated carbocycles. The summed E-state index contributed by atoms with van der Waals surface area (Å²) in [5.74, 6) is -0.693. The minimum Gasteiger partial charge on any atom is -0.484 e. The molecule has 0 aliphatic rings. The van der Waals surface area contributed by atoms with Gasteiger partial charge in [-0.2, -0.15) is 0 Å². The van der Waals surface area contributed by atoms with Gasteiger partial charge in [-0.25, -0.2) is 4.68 Å². The number of aromatic nitrogens is 3. The first-order valence-corrected chi connectivity index (χ1v) is 5.73. The zero-order valence-electron chi connectivity index (χ0n) is 10.4. The molecule has 1 aromatic heterocycles. The normalized spacial score (nSPS) is 10.0. The van der Waals surface area contributed by atoms with Crippen molar-refractivity contribution >= 4 is 17.7 Å². The largest absolute Gasteiger partial charge is 0.484 e. The van der Waals surface area contributed by atoms with Crippen LogP contribution in [0.2, 0.25) is 0 Å². The Balaban J connectivity index is 1.82. The van der Waals surface area contributed by atoms with Crippen LogP contribution >= 0.6 is 0 Å². The summed E-state index contributed by atoms with van der Waals surface area (Å²) in [7, 11) is 0. The summed E-state index contributed by atoms with van der Waals surface area (Å²) < 4.78 is 6.36. The van der Waals surface area contributed by atoms with Gasteiger partial charge >= 0.3 is 5.97 Å². The van der Waals surface area contributed by atoms with Crippen LogP contribution in [0.3, 0.4) is 0 Å². The number of carbonyl (C=O) groups is 2. The fraction of sp³-hybridized carbons (Fsp3) is 0.167. The smallest absolute Gasteiger partial charge is 0.325 e. The Labute approximate surface area is 114 Å². The summed E-state index contributed by atoms with van der Waals surface area (Å²) in [6.07, 6.45) is 1.33. The van der Waals surface area contributed by atoms with Gasteiger partial charge in [-0.05, 0) is 12.1 Å². The molecule has 0 aliphatic carbocycles. The van der Waals surface area contributed by atoms with Crippen LogP contribution in [0.25, 0.3) is 0 Å². The summed E-state index contributed by atoms with van der Waals surface area (Å²) in [6, 6.07) is 8.90. The zero-order valence-corrected chi connectivity index (χ0v) is 10.4. The minimum absolute atomic E-state index is 0.171. The molecule has 0 aliphatic heterocycles. The number of anilines is 1. The Morgan fingerprint density at radius 3 is 2.75 bits per heavy atom. The van der Waals surface area contributed by atoms with Gasteiger partial charge < -0.3 is 15.2 Å². The SMILES string of the molecule is O=C(O)Cn1cc(NC(=O)COc2ccccc2)nn1. The lowest BCUT2D eigenvalue weighted by molar-refractivity contribution is -0.137. The number of nitrogens with zero attached hydrogens (tertiary/aromatic N) is 3. The lowest BCUT2D eigenvalue weighted by atomic mass is 10.3. The first-order valence-electron chi connectivity index (χ1n) is 5.73. The number of carboxylic acid groups (broad SMARTS) is 1. The van der Waals surface area contributed by atoms with Gasteiger partial charge in [-0.3, -0.25) is 9.59 Å². The summed E-state index contributed by atoms with van der Waals surface area (Å²) in [4.78, 5) is 22.1.